The molecule has 0 aromatic carbocycles. The van der Waals surface area contributed by atoms with Crippen molar-refractivity contribution < 1.29 is 9.90 Å². The quantitative estimate of drug-likeness (QED) is 0.712. The van der Waals surface area contributed by atoms with Gasteiger partial charge in [0.25, 0.3) is 0 Å². The van der Waals surface area contributed by atoms with Crippen LogP contribution in [0.5, 0.6) is 0 Å². The third kappa shape index (κ3) is 2.71. The summed E-state index contributed by atoms with van der Waals surface area (Å²) in [5.41, 5.74) is 4.94. The van der Waals surface area contributed by atoms with Gasteiger partial charge in [0.2, 0.25) is 0 Å². The monoisotopic (exact) mass is 199 g/mol. The molecule has 3 N–H and O–H groups in total. The van der Waals surface area contributed by atoms with Crippen molar-refractivity contribution in [3.63, 3.8) is 0 Å². The van der Waals surface area contributed by atoms with Gasteiger partial charge in [-0.2, -0.15) is 0 Å². The largest absolute Gasteiger partial charge is 0.480 e. The molecule has 1 saturated carbocycles. The van der Waals surface area contributed by atoms with Gasteiger partial charge in [-0.15, -0.1) is 0 Å². The Bertz CT molecular complexity index is 229. The summed E-state index contributed by atoms with van der Waals surface area (Å²) in [5.74, 6) is -0.255. The van der Waals surface area contributed by atoms with E-state index in [4.69, 9.17) is 10.8 Å². The fourth-order valence-corrected chi connectivity index (χ4v) is 2.35. The Morgan fingerprint density at radius 2 is 2.07 bits per heavy atom. The molecule has 1 fully saturated rings. The number of nitrogens with two attached hydrogens (primary N) is 1. The molecule has 0 saturated heterocycles. The molecule has 1 atom stereocenters. The topological polar surface area (TPSA) is 63.3 Å². The van der Waals surface area contributed by atoms with E-state index in [0.717, 1.165) is 19.3 Å². The molecule has 0 aromatic heterocycles. The van der Waals surface area contributed by atoms with Crippen LogP contribution >= 0.6 is 0 Å². The summed E-state index contributed by atoms with van der Waals surface area (Å²) in [6, 6.07) is 0. The summed E-state index contributed by atoms with van der Waals surface area (Å²) in [6.45, 7) is 5.97. The maximum atomic E-state index is 10.9. The van der Waals surface area contributed by atoms with E-state index in [-0.39, 0.29) is 5.41 Å². The zero-order valence-electron chi connectivity index (χ0n) is 9.34. The van der Waals surface area contributed by atoms with E-state index in [1.165, 1.54) is 0 Å². The normalized spacial score (nSPS) is 23.2. The van der Waals surface area contributed by atoms with Gasteiger partial charge in [-0.05, 0) is 43.9 Å². The minimum atomic E-state index is -1.05. The van der Waals surface area contributed by atoms with Crippen molar-refractivity contribution in [1.82, 2.24) is 0 Å². The van der Waals surface area contributed by atoms with Crippen LogP contribution in [0, 0.1) is 11.3 Å². The van der Waals surface area contributed by atoms with Crippen molar-refractivity contribution in [3.8, 4) is 0 Å². The Morgan fingerprint density at radius 1 is 1.57 bits per heavy atom. The number of carbonyl (C=O) groups is 1. The summed E-state index contributed by atoms with van der Waals surface area (Å²) in [5, 5.41) is 8.94. The predicted octanol–water partition coefficient (Wildman–Crippen LogP) is 2.00. The molecule has 14 heavy (non-hydrogen) atoms. The van der Waals surface area contributed by atoms with Crippen molar-refractivity contribution in [2.24, 2.45) is 17.1 Å². The average molecular weight is 199 g/mol. The highest BCUT2D eigenvalue weighted by atomic mass is 16.4. The summed E-state index contributed by atoms with van der Waals surface area (Å²) >= 11 is 0. The first-order chi connectivity index (χ1) is 6.27. The zero-order valence-corrected chi connectivity index (χ0v) is 9.34. The molecule has 0 spiro atoms. The SMILES string of the molecule is CC(C)CC1(CC(C)(N)C(=O)O)CC1. The van der Waals surface area contributed by atoms with E-state index >= 15 is 0 Å². The highest BCUT2D eigenvalue weighted by Gasteiger charge is 2.48. The fourth-order valence-electron chi connectivity index (χ4n) is 2.35. The van der Waals surface area contributed by atoms with Crippen LogP contribution in [0.2, 0.25) is 0 Å². The van der Waals surface area contributed by atoms with Crippen LogP contribution in [0.1, 0.15) is 46.5 Å². The molecule has 0 aliphatic heterocycles. The Morgan fingerprint density at radius 3 is 2.36 bits per heavy atom. The molecule has 3 nitrogen and oxygen atoms in total. The van der Waals surface area contributed by atoms with Gasteiger partial charge in [0.15, 0.2) is 0 Å². The third-order valence-corrected chi connectivity index (χ3v) is 3.03. The van der Waals surface area contributed by atoms with Gasteiger partial charge in [-0.3, -0.25) is 4.79 Å². The zero-order chi connectivity index (χ0) is 11.0. The fraction of sp³-hybridized carbons (Fsp3) is 0.909. The second-order valence-corrected chi connectivity index (χ2v) is 5.50. The van der Waals surface area contributed by atoms with Crippen molar-refractivity contribution in [1.29, 1.82) is 0 Å². The average Bonchev–Trinajstić information content (AvgIpc) is 2.65. The number of rotatable bonds is 5. The third-order valence-electron chi connectivity index (χ3n) is 3.03. The van der Waals surface area contributed by atoms with Crippen molar-refractivity contribution in [2.75, 3.05) is 0 Å². The lowest BCUT2D eigenvalue weighted by Crippen LogP contribution is -2.46. The molecule has 0 heterocycles. The van der Waals surface area contributed by atoms with Crippen LogP contribution in [0.4, 0.5) is 0 Å². The molecule has 0 aromatic rings. The Labute approximate surface area is 85.7 Å². The second-order valence-electron chi connectivity index (χ2n) is 5.50. The molecule has 82 valence electrons. The second kappa shape index (κ2) is 3.54. The van der Waals surface area contributed by atoms with Gasteiger partial charge in [-0.25, -0.2) is 0 Å². The van der Waals surface area contributed by atoms with Crippen LogP contribution in [-0.2, 0) is 4.79 Å². The van der Waals surface area contributed by atoms with Gasteiger partial charge in [0.05, 0.1) is 0 Å². The van der Waals surface area contributed by atoms with E-state index in [1.54, 1.807) is 6.92 Å². The van der Waals surface area contributed by atoms with E-state index in [9.17, 15) is 4.79 Å². The molecular formula is C11H21NO2. The highest BCUT2D eigenvalue weighted by molar-refractivity contribution is 5.78. The summed E-state index contributed by atoms with van der Waals surface area (Å²) in [7, 11) is 0. The lowest BCUT2D eigenvalue weighted by Gasteiger charge is -2.26. The molecule has 0 amide bonds. The van der Waals surface area contributed by atoms with E-state index in [1.807, 2.05) is 0 Å². The van der Waals surface area contributed by atoms with Crippen LogP contribution in [0.15, 0.2) is 0 Å². The lowest BCUT2D eigenvalue weighted by molar-refractivity contribution is -0.143. The molecule has 3 heteroatoms. The minimum Gasteiger partial charge on any atom is -0.480 e. The van der Waals surface area contributed by atoms with Crippen molar-refractivity contribution in [3.05, 3.63) is 0 Å². The first-order valence-electron chi connectivity index (χ1n) is 5.30. The molecule has 1 rings (SSSR count). The van der Waals surface area contributed by atoms with Gasteiger partial charge in [-0.1, -0.05) is 13.8 Å². The first kappa shape index (κ1) is 11.5. The van der Waals surface area contributed by atoms with Gasteiger partial charge in [0.1, 0.15) is 5.54 Å². The maximum Gasteiger partial charge on any atom is 0.323 e. The smallest absolute Gasteiger partial charge is 0.323 e. The van der Waals surface area contributed by atoms with Gasteiger partial charge in [0, 0.05) is 0 Å². The Kier molecular flexibility index (Phi) is 2.91. The summed E-state index contributed by atoms with van der Waals surface area (Å²) in [6.07, 6.45) is 4.01. The van der Waals surface area contributed by atoms with E-state index < -0.39 is 11.5 Å². The number of aliphatic carboxylic acids is 1. The van der Waals surface area contributed by atoms with Crippen LogP contribution < -0.4 is 5.73 Å². The van der Waals surface area contributed by atoms with Crippen LogP contribution in [-0.4, -0.2) is 16.6 Å². The van der Waals surface area contributed by atoms with Gasteiger partial charge >= 0.3 is 5.97 Å². The summed E-state index contributed by atoms with van der Waals surface area (Å²) in [4.78, 5) is 10.9. The molecular weight excluding hydrogens is 178 g/mol. The highest BCUT2D eigenvalue weighted by Crippen LogP contribution is 2.55. The molecule has 1 unspecified atom stereocenters. The Balaban J connectivity index is 2.55. The first-order valence-corrected chi connectivity index (χ1v) is 5.30. The lowest BCUT2D eigenvalue weighted by atomic mass is 9.82. The predicted molar refractivity (Wildman–Crippen MR) is 56.0 cm³/mol. The molecule has 0 radical (unpaired) electrons. The van der Waals surface area contributed by atoms with Crippen molar-refractivity contribution >= 4 is 5.97 Å². The number of hydrogen-bond acceptors (Lipinski definition) is 2. The molecule has 1 aliphatic rings. The molecule has 0 bridgehead atoms. The Hall–Kier alpha value is -0.570. The molecule has 1 aliphatic carbocycles. The number of hydrogen-bond donors (Lipinski definition) is 2. The van der Waals surface area contributed by atoms with Crippen LogP contribution in [0.3, 0.4) is 0 Å². The minimum absolute atomic E-state index is 0.232. The standard InChI is InChI=1S/C11H21NO2/c1-8(2)6-11(4-5-11)7-10(3,12)9(13)14/h8H,4-7,12H2,1-3H3,(H,13,14). The van der Waals surface area contributed by atoms with Crippen molar-refractivity contribution in [2.45, 2.75) is 52.0 Å². The number of carboxylic acid groups (broad SMARTS) is 1. The maximum absolute atomic E-state index is 10.9. The van der Waals surface area contributed by atoms with E-state index in [2.05, 4.69) is 13.8 Å². The summed E-state index contributed by atoms with van der Waals surface area (Å²) < 4.78 is 0. The van der Waals surface area contributed by atoms with Gasteiger partial charge < -0.3 is 10.8 Å². The van der Waals surface area contributed by atoms with Crippen LogP contribution in [0.25, 0.3) is 0 Å². The van der Waals surface area contributed by atoms with E-state index in [0.29, 0.717) is 12.3 Å². The number of carboxylic acids is 1.